The van der Waals surface area contributed by atoms with Crippen molar-refractivity contribution in [2.24, 2.45) is 4.52 Å². The number of ether oxygens (including phenoxy) is 1. The van der Waals surface area contributed by atoms with Crippen LogP contribution in [0.3, 0.4) is 0 Å². The van der Waals surface area contributed by atoms with Crippen LogP contribution in [0.4, 0.5) is 5.69 Å². The van der Waals surface area contributed by atoms with Crippen molar-refractivity contribution in [2.45, 2.75) is 64.2 Å². The molecule has 1 N–H and O–H groups in total. The lowest BCUT2D eigenvalue weighted by Gasteiger charge is -2.47. The normalized spacial score (nSPS) is 19.7. The fourth-order valence-corrected chi connectivity index (χ4v) is 21.3. The second kappa shape index (κ2) is 20.4. The van der Waals surface area contributed by atoms with Crippen LogP contribution in [-0.4, -0.2) is 102 Å². The Balaban J connectivity index is 0.000000171. The average molecular weight is 868 g/mol. The standard InChI is InChI=1S/C27H47N7OP2.C24H20B/c1-35-27-14-12-26(13-15-27)28-36(30-16-2-3-17-30,31-18-4-5-19-31)29-37(32-20-6-7-21-32,33-22-8-9-23-33)34-24-10-11-25-34;1-5-13-21(14-6-1)25(22-15-7-2-8-16-22,23-17-9-3-10-18-23)24-19-11-4-12-20-24/h12-15H,2-11,16-25H2,1H3;1-20H/q;-1/p+1. The quantitative estimate of drug-likeness (QED) is 0.102. The average Bonchev–Trinajstić information content (AvgIpc) is 4.21. The minimum Gasteiger partial charge on any atom is -0.497 e. The largest absolute Gasteiger partial charge is 0.497 e. The summed E-state index contributed by atoms with van der Waals surface area (Å²) in [4.78, 5) is 0. The number of methoxy groups -OCH3 is 1. The molecule has 5 fully saturated rings. The highest BCUT2D eigenvalue weighted by molar-refractivity contribution is 7.70. The molecular weight excluding hydrogens is 799 g/mol. The first-order valence-electron chi connectivity index (χ1n) is 23.8. The van der Waals surface area contributed by atoms with Gasteiger partial charge in [-0.3, -0.25) is 0 Å². The van der Waals surface area contributed by atoms with Crippen LogP contribution in [0.1, 0.15) is 64.2 Å². The van der Waals surface area contributed by atoms with E-state index in [0.717, 1.165) is 31.9 Å². The Bertz CT molecular complexity index is 2020. The van der Waals surface area contributed by atoms with Gasteiger partial charge in [0.1, 0.15) is 11.9 Å². The van der Waals surface area contributed by atoms with Crippen LogP contribution in [0.2, 0.25) is 0 Å². The first-order chi connectivity index (χ1) is 30.7. The van der Waals surface area contributed by atoms with Crippen LogP contribution in [0, 0.1) is 0 Å². The van der Waals surface area contributed by atoms with Crippen molar-refractivity contribution in [3.05, 3.63) is 146 Å². The third kappa shape index (κ3) is 8.72. The van der Waals surface area contributed by atoms with Crippen molar-refractivity contribution in [1.82, 2.24) is 23.4 Å². The molecule has 0 aromatic heterocycles. The lowest BCUT2D eigenvalue weighted by Crippen LogP contribution is -2.74. The van der Waals surface area contributed by atoms with Gasteiger partial charge in [-0.2, -0.15) is 31.1 Å². The maximum absolute atomic E-state index is 6.50. The fourth-order valence-electron chi connectivity index (χ4n) is 11.2. The number of hydrogen-bond donors (Lipinski definition) is 1. The van der Waals surface area contributed by atoms with E-state index in [1.807, 2.05) is 0 Å². The zero-order valence-electron chi connectivity index (χ0n) is 37.1. The number of benzene rings is 5. The molecule has 0 atom stereocenters. The summed E-state index contributed by atoms with van der Waals surface area (Å²) in [6.07, 6.45) is 11.9. The molecule has 8 nitrogen and oxygen atoms in total. The minimum absolute atomic E-state index is 0.918. The Morgan fingerprint density at radius 3 is 0.984 bits per heavy atom. The van der Waals surface area contributed by atoms with Gasteiger partial charge in [0, 0.05) is 77.6 Å². The first kappa shape index (κ1) is 43.5. The van der Waals surface area contributed by atoms with E-state index in [1.54, 1.807) is 7.11 Å². The van der Waals surface area contributed by atoms with E-state index < -0.39 is 21.2 Å². The van der Waals surface area contributed by atoms with E-state index in [0.29, 0.717) is 0 Å². The molecule has 0 saturated carbocycles. The molecule has 0 spiro atoms. The monoisotopic (exact) mass is 868 g/mol. The van der Waals surface area contributed by atoms with Crippen LogP contribution < -0.4 is 31.3 Å². The Morgan fingerprint density at radius 2 is 0.694 bits per heavy atom. The van der Waals surface area contributed by atoms with Crippen LogP contribution >= 0.6 is 15.0 Å². The van der Waals surface area contributed by atoms with Gasteiger partial charge in [0.25, 0.3) is 0 Å². The fraction of sp³-hybridized carbons (Fsp3) is 0.412. The summed E-state index contributed by atoms with van der Waals surface area (Å²) in [6.45, 7) is 11.9. The topological polar surface area (TPSA) is 51.8 Å². The maximum atomic E-state index is 6.50. The molecule has 0 unspecified atom stereocenters. The van der Waals surface area contributed by atoms with Crippen molar-refractivity contribution in [3.63, 3.8) is 0 Å². The van der Waals surface area contributed by atoms with Crippen LogP contribution in [0.5, 0.6) is 5.75 Å². The second-order valence-corrected chi connectivity index (χ2v) is 23.8. The Hall–Kier alpha value is -3.78. The van der Waals surface area contributed by atoms with Gasteiger partial charge in [-0.05, 0) is 76.3 Å². The third-order valence-electron chi connectivity index (χ3n) is 14.2. The van der Waals surface area contributed by atoms with Crippen molar-refractivity contribution in [2.75, 3.05) is 72.6 Å². The van der Waals surface area contributed by atoms with Crippen molar-refractivity contribution >= 4 is 48.7 Å². The predicted octanol–water partition coefficient (Wildman–Crippen LogP) is 7.84. The molecule has 5 aromatic carbocycles. The van der Waals surface area contributed by atoms with E-state index in [2.05, 4.69) is 174 Å². The number of nitrogens with one attached hydrogen (secondary N) is 1. The van der Waals surface area contributed by atoms with Crippen LogP contribution in [0.15, 0.2) is 150 Å². The zero-order valence-corrected chi connectivity index (χ0v) is 38.9. The SMILES string of the molecule is COc1ccc([NH+]=P(N=P(N2CCCC2)(N2CCCC2)N2CCCC2)(N2CCCC2)N2CCCC2)cc1.c1ccc([B-](c2ccccc2)(c2ccccc2)c2ccccc2)cc1. The van der Waals surface area contributed by atoms with Gasteiger partial charge in [-0.25, -0.2) is 23.4 Å². The van der Waals surface area contributed by atoms with Gasteiger partial charge in [-0.1, -0.05) is 121 Å². The van der Waals surface area contributed by atoms with Crippen molar-refractivity contribution in [1.29, 1.82) is 0 Å². The number of rotatable bonds is 12. The smallest absolute Gasteiger partial charge is 0.362 e. The molecule has 10 rings (SSSR count). The van der Waals surface area contributed by atoms with Crippen LogP contribution in [-0.2, 0) is 0 Å². The molecule has 0 amide bonds. The van der Waals surface area contributed by atoms with Gasteiger partial charge >= 0.3 is 7.51 Å². The molecule has 62 heavy (non-hydrogen) atoms. The lowest BCUT2D eigenvalue weighted by molar-refractivity contribution is -0.339. The number of hydrogen-bond acceptors (Lipinski definition) is 1. The highest BCUT2D eigenvalue weighted by Gasteiger charge is 2.51. The molecule has 5 aliphatic heterocycles. The summed E-state index contributed by atoms with van der Waals surface area (Å²) in [5.41, 5.74) is 6.55. The van der Waals surface area contributed by atoms with E-state index in [4.69, 9.17) is 9.25 Å². The molecular formula is C51H68BN7OP2. The van der Waals surface area contributed by atoms with Crippen LogP contribution in [0.25, 0.3) is 0 Å². The van der Waals surface area contributed by atoms with E-state index in [1.165, 1.54) is 131 Å². The summed E-state index contributed by atoms with van der Waals surface area (Å²) in [5.74, 6) is 0.918. The zero-order chi connectivity index (χ0) is 42.1. The molecule has 5 heterocycles. The van der Waals surface area contributed by atoms with Crippen molar-refractivity contribution < 1.29 is 9.48 Å². The van der Waals surface area contributed by atoms with Gasteiger partial charge < -0.3 is 4.74 Å². The van der Waals surface area contributed by atoms with E-state index >= 15 is 0 Å². The third-order valence-corrected chi connectivity index (χ3v) is 22.5. The lowest BCUT2D eigenvalue weighted by atomic mass is 9.13. The molecule has 0 radical (unpaired) electrons. The first-order valence-corrected chi connectivity index (χ1v) is 27.0. The molecule has 5 saturated heterocycles. The molecule has 11 heteroatoms. The maximum Gasteiger partial charge on any atom is 0.362 e. The van der Waals surface area contributed by atoms with Gasteiger partial charge in [-0.15, -0.1) is 0 Å². The number of nitrogens with zero attached hydrogens (tertiary/aromatic N) is 6. The molecule has 5 aromatic rings. The van der Waals surface area contributed by atoms with Gasteiger partial charge in [0.05, 0.1) is 7.11 Å². The molecule has 326 valence electrons. The Labute approximate surface area is 372 Å². The van der Waals surface area contributed by atoms with E-state index in [-0.39, 0.29) is 0 Å². The van der Waals surface area contributed by atoms with Crippen molar-refractivity contribution in [3.8, 4) is 5.75 Å². The second-order valence-electron chi connectivity index (χ2n) is 17.8. The van der Waals surface area contributed by atoms with Gasteiger partial charge in [0.15, 0.2) is 7.51 Å². The Kier molecular flexibility index (Phi) is 14.3. The summed E-state index contributed by atoms with van der Waals surface area (Å²) in [5, 5.41) is 0. The highest BCUT2D eigenvalue weighted by Crippen LogP contribution is 2.71. The highest BCUT2D eigenvalue weighted by atomic mass is 31.2. The summed E-state index contributed by atoms with van der Waals surface area (Å²) < 4.78 is 30.6. The van der Waals surface area contributed by atoms with E-state index in [9.17, 15) is 0 Å². The summed E-state index contributed by atoms with van der Waals surface area (Å²) >= 11 is 0. The minimum atomic E-state index is -2.19. The Morgan fingerprint density at radius 1 is 0.403 bits per heavy atom. The molecule has 0 aliphatic carbocycles. The molecule has 5 aliphatic rings. The summed E-state index contributed by atoms with van der Waals surface area (Å²) in [6, 6.07) is 52.2. The van der Waals surface area contributed by atoms with Gasteiger partial charge in [0.2, 0.25) is 5.69 Å². The predicted molar refractivity (Wildman–Crippen MR) is 264 cm³/mol. The molecule has 0 bridgehead atoms. The summed E-state index contributed by atoms with van der Waals surface area (Å²) in [7, 11) is -2.45.